The highest BCUT2D eigenvalue weighted by Gasteiger charge is 2.24. The van der Waals surface area contributed by atoms with Crippen LogP contribution in [0.1, 0.15) is 39.0 Å². The lowest BCUT2D eigenvalue weighted by Crippen LogP contribution is -2.32. The molecule has 0 aromatic carbocycles. The summed E-state index contributed by atoms with van der Waals surface area (Å²) in [5, 5.41) is 57.5. The molecule has 0 unspecified atom stereocenters. The Morgan fingerprint density at radius 3 is 1.13 bits per heavy atom. The van der Waals surface area contributed by atoms with Gasteiger partial charge >= 0.3 is 11.9 Å². The van der Waals surface area contributed by atoms with E-state index in [4.69, 9.17) is 35.7 Å². The van der Waals surface area contributed by atoms with Gasteiger partial charge in [0.05, 0.1) is 33.0 Å². The average Bonchev–Trinajstić information content (AvgIpc) is 2.55. The van der Waals surface area contributed by atoms with Gasteiger partial charge in [0, 0.05) is 18.3 Å². The molecule has 0 heterocycles. The number of carboxylic acid groups (broad SMARTS) is 2. The Kier molecular flexibility index (Phi) is 21.8. The first kappa shape index (κ1) is 26.6. The van der Waals surface area contributed by atoms with Crippen molar-refractivity contribution in [3.8, 4) is 0 Å². The molecule has 0 radical (unpaired) electrons. The monoisotopic (exact) mass is 342 g/mol. The largest absolute Gasteiger partial charge is 0.481 e. The molecule has 0 spiro atoms. The van der Waals surface area contributed by atoms with E-state index >= 15 is 0 Å². The first-order chi connectivity index (χ1) is 10.8. The van der Waals surface area contributed by atoms with Crippen molar-refractivity contribution in [2.24, 2.45) is 5.41 Å². The van der Waals surface area contributed by atoms with Crippen molar-refractivity contribution < 1.29 is 45.3 Å². The summed E-state index contributed by atoms with van der Waals surface area (Å²) in [4.78, 5) is 19.8. The smallest absolute Gasteiger partial charge is 0.303 e. The van der Waals surface area contributed by atoms with E-state index in [1.165, 1.54) is 0 Å². The molecule has 0 amide bonds. The number of rotatable bonds is 10. The SMILES string of the molecule is CCC(CO)(CO)CO.O=C(O)CCCCC(=O)O.OCCO. The maximum absolute atomic E-state index is 9.90. The molecule has 0 aromatic rings. The highest BCUT2D eigenvalue weighted by atomic mass is 16.4. The van der Waals surface area contributed by atoms with Crippen LogP contribution in [-0.4, -0.2) is 80.7 Å². The third-order valence-electron chi connectivity index (χ3n) is 2.89. The number of carboxylic acids is 2. The van der Waals surface area contributed by atoms with E-state index in [-0.39, 0.29) is 45.9 Å². The van der Waals surface area contributed by atoms with Crippen LogP contribution in [0.2, 0.25) is 0 Å². The van der Waals surface area contributed by atoms with Crippen LogP contribution in [0.15, 0.2) is 0 Å². The molecular weight excluding hydrogens is 312 g/mol. The van der Waals surface area contributed by atoms with Gasteiger partial charge in [-0.2, -0.15) is 0 Å². The summed E-state index contributed by atoms with van der Waals surface area (Å²) in [5.74, 6) is -1.74. The Labute approximate surface area is 135 Å². The maximum atomic E-state index is 9.90. The van der Waals surface area contributed by atoms with E-state index in [1.807, 2.05) is 6.92 Å². The van der Waals surface area contributed by atoms with Gasteiger partial charge in [0.1, 0.15) is 0 Å². The highest BCUT2D eigenvalue weighted by molar-refractivity contribution is 5.67. The molecule has 0 fully saturated rings. The topological polar surface area (TPSA) is 176 Å². The molecule has 0 rings (SSSR count). The summed E-state index contributed by atoms with van der Waals surface area (Å²) in [6.45, 7) is 1.10. The number of aliphatic hydroxyl groups excluding tert-OH is 5. The predicted molar refractivity (Wildman–Crippen MR) is 81.9 cm³/mol. The fraction of sp³-hybridized carbons (Fsp3) is 0.857. The molecule has 0 saturated heterocycles. The van der Waals surface area contributed by atoms with Crippen LogP contribution in [-0.2, 0) is 9.59 Å². The Hall–Kier alpha value is -1.26. The molecule has 9 nitrogen and oxygen atoms in total. The van der Waals surface area contributed by atoms with Crippen LogP contribution in [0.25, 0.3) is 0 Å². The molecule has 23 heavy (non-hydrogen) atoms. The van der Waals surface area contributed by atoms with Crippen molar-refractivity contribution >= 4 is 11.9 Å². The summed E-state index contributed by atoms with van der Waals surface area (Å²) in [5.41, 5.74) is -0.667. The molecule has 140 valence electrons. The molecular formula is C14H30O9. The quantitative estimate of drug-likeness (QED) is 0.247. The zero-order valence-corrected chi connectivity index (χ0v) is 13.5. The van der Waals surface area contributed by atoms with Gasteiger partial charge in [0.25, 0.3) is 0 Å². The number of unbranched alkanes of at least 4 members (excludes halogenated alkanes) is 1. The standard InChI is InChI=1S/C6H10O4.C6H14O3.C2H6O2/c7-5(8)3-1-2-4-6(9)10;1-2-6(3-7,4-8)5-9;3-1-2-4/h1-4H2,(H,7,8)(H,9,10);7-9H,2-5H2,1H3;3-4H,1-2H2. The number of hydrogen-bond acceptors (Lipinski definition) is 7. The number of aliphatic carboxylic acids is 2. The molecule has 0 aliphatic carbocycles. The predicted octanol–water partition coefficient (Wildman–Crippen LogP) is -0.953. The minimum Gasteiger partial charge on any atom is -0.481 e. The Morgan fingerprint density at radius 1 is 0.739 bits per heavy atom. The van der Waals surface area contributed by atoms with Crippen molar-refractivity contribution in [2.45, 2.75) is 39.0 Å². The van der Waals surface area contributed by atoms with Gasteiger partial charge in [0.15, 0.2) is 0 Å². The molecule has 0 atom stereocenters. The molecule has 7 N–H and O–H groups in total. The molecule has 9 heteroatoms. The van der Waals surface area contributed by atoms with Crippen LogP contribution in [0.5, 0.6) is 0 Å². The van der Waals surface area contributed by atoms with E-state index in [0.717, 1.165) is 0 Å². The minimum absolute atomic E-state index is 0.0628. The zero-order chi connectivity index (χ0) is 18.7. The summed E-state index contributed by atoms with van der Waals surface area (Å²) in [7, 11) is 0. The fourth-order valence-corrected chi connectivity index (χ4v) is 1.04. The van der Waals surface area contributed by atoms with Crippen molar-refractivity contribution in [1.29, 1.82) is 0 Å². The van der Waals surface area contributed by atoms with Crippen LogP contribution in [0.3, 0.4) is 0 Å². The van der Waals surface area contributed by atoms with Gasteiger partial charge in [-0.25, -0.2) is 0 Å². The molecule has 0 aliphatic heterocycles. The minimum atomic E-state index is -0.870. The molecule has 0 saturated carbocycles. The summed E-state index contributed by atoms with van der Waals surface area (Å²) in [6, 6.07) is 0. The van der Waals surface area contributed by atoms with Crippen molar-refractivity contribution in [3.63, 3.8) is 0 Å². The fourth-order valence-electron chi connectivity index (χ4n) is 1.04. The first-order valence-electron chi connectivity index (χ1n) is 7.27. The van der Waals surface area contributed by atoms with Crippen LogP contribution < -0.4 is 0 Å². The van der Waals surface area contributed by atoms with Crippen LogP contribution in [0, 0.1) is 5.41 Å². The number of hydrogen-bond donors (Lipinski definition) is 7. The van der Waals surface area contributed by atoms with E-state index < -0.39 is 17.4 Å². The lowest BCUT2D eigenvalue weighted by molar-refractivity contribution is -0.139. The lowest BCUT2D eigenvalue weighted by atomic mass is 9.88. The van der Waals surface area contributed by atoms with E-state index in [1.54, 1.807) is 0 Å². The maximum Gasteiger partial charge on any atom is 0.303 e. The summed E-state index contributed by atoms with van der Waals surface area (Å²) >= 11 is 0. The average molecular weight is 342 g/mol. The molecule has 0 aliphatic rings. The van der Waals surface area contributed by atoms with E-state index in [2.05, 4.69) is 0 Å². The molecule has 0 bridgehead atoms. The van der Waals surface area contributed by atoms with Crippen molar-refractivity contribution in [1.82, 2.24) is 0 Å². The third-order valence-corrected chi connectivity index (χ3v) is 2.89. The van der Waals surface area contributed by atoms with E-state index in [9.17, 15) is 9.59 Å². The first-order valence-corrected chi connectivity index (χ1v) is 7.27. The highest BCUT2D eigenvalue weighted by Crippen LogP contribution is 2.18. The Balaban J connectivity index is -0.000000284. The second kappa shape index (κ2) is 18.8. The third kappa shape index (κ3) is 20.7. The summed E-state index contributed by atoms with van der Waals surface area (Å²) < 4.78 is 0. The summed E-state index contributed by atoms with van der Waals surface area (Å²) in [6.07, 6.45) is 1.61. The van der Waals surface area contributed by atoms with Gasteiger partial charge in [-0.05, 0) is 19.3 Å². The normalized spacial score (nSPS) is 10.0. The lowest BCUT2D eigenvalue weighted by Gasteiger charge is -2.24. The van der Waals surface area contributed by atoms with Crippen LogP contribution >= 0.6 is 0 Å². The van der Waals surface area contributed by atoms with Crippen molar-refractivity contribution in [2.75, 3.05) is 33.0 Å². The second-order valence-electron chi connectivity index (χ2n) is 4.77. The van der Waals surface area contributed by atoms with E-state index in [0.29, 0.717) is 19.3 Å². The van der Waals surface area contributed by atoms with Gasteiger partial charge in [-0.15, -0.1) is 0 Å². The Morgan fingerprint density at radius 2 is 1.04 bits per heavy atom. The van der Waals surface area contributed by atoms with Gasteiger partial charge in [-0.3, -0.25) is 9.59 Å². The number of aliphatic hydroxyl groups is 5. The van der Waals surface area contributed by atoms with Gasteiger partial charge in [-0.1, -0.05) is 6.92 Å². The molecule has 0 aromatic heterocycles. The van der Waals surface area contributed by atoms with Gasteiger partial charge in [0.2, 0.25) is 0 Å². The van der Waals surface area contributed by atoms with Crippen LogP contribution in [0.4, 0.5) is 0 Å². The number of carbonyl (C=O) groups is 2. The second-order valence-corrected chi connectivity index (χ2v) is 4.77. The Bertz CT molecular complexity index is 242. The van der Waals surface area contributed by atoms with Crippen molar-refractivity contribution in [3.05, 3.63) is 0 Å². The zero-order valence-electron chi connectivity index (χ0n) is 13.5. The van der Waals surface area contributed by atoms with Gasteiger partial charge < -0.3 is 35.7 Å².